The van der Waals surface area contributed by atoms with E-state index in [2.05, 4.69) is 24.1 Å². The highest BCUT2D eigenvalue weighted by Gasteiger charge is 2.26. The van der Waals surface area contributed by atoms with Crippen molar-refractivity contribution in [1.29, 1.82) is 0 Å². The smallest absolute Gasteiger partial charge is 0.266 e. The van der Waals surface area contributed by atoms with E-state index in [0.29, 0.717) is 51.3 Å². The number of benzene rings is 1. The molecule has 168 valence electrons. The van der Waals surface area contributed by atoms with Crippen LogP contribution >= 0.6 is 11.3 Å². The van der Waals surface area contributed by atoms with Gasteiger partial charge < -0.3 is 10.2 Å². The lowest BCUT2D eigenvalue weighted by molar-refractivity contribution is -0.134. The summed E-state index contributed by atoms with van der Waals surface area (Å²) in [5, 5.41) is 3.05. The minimum atomic E-state index is -0.395. The quantitative estimate of drug-likeness (QED) is 0.649. The van der Waals surface area contributed by atoms with Crippen LogP contribution in [0.25, 0.3) is 10.2 Å². The molecule has 2 amide bonds. The van der Waals surface area contributed by atoms with Gasteiger partial charge in [0.2, 0.25) is 5.91 Å². The molecule has 1 aliphatic heterocycles. The topological polar surface area (TPSA) is 84.3 Å². The molecule has 2 unspecified atom stereocenters. The van der Waals surface area contributed by atoms with Gasteiger partial charge in [-0.3, -0.25) is 19.0 Å². The number of aromatic nitrogens is 2. The summed E-state index contributed by atoms with van der Waals surface area (Å²) in [6, 6.07) is 5.45. The number of halogens is 1. The van der Waals surface area contributed by atoms with Crippen LogP contribution in [0, 0.1) is 24.6 Å². The molecule has 0 saturated carbocycles. The number of thiophene rings is 1. The van der Waals surface area contributed by atoms with Gasteiger partial charge in [0.25, 0.3) is 11.5 Å². The molecule has 0 spiro atoms. The van der Waals surface area contributed by atoms with Gasteiger partial charge in [-0.1, -0.05) is 13.8 Å². The van der Waals surface area contributed by atoms with Gasteiger partial charge in [-0.15, -0.1) is 11.3 Å². The van der Waals surface area contributed by atoms with Gasteiger partial charge in [0.05, 0.1) is 16.6 Å². The summed E-state index contributed by atoms with van der Waals surface area (Å²) < 4.78 is 14.4. The minimum absolute atomic E-state index is 0.0758. The fourth-order valence-electron chi connectivity index (χ4n) is 4.32. The zero-order chi connectivity index (χ0) is 23.0. The fourth-order valence-corrected chi connectivity index (χ4v) is 5.36. The Labute approximate surface area is 188 Å². The van der Waals surface area contributed by atoms with Gasteiger partial charge >= 0.3 is 0 Å². The first-order chi connectivity index (χ1) is 15.2. The lowest BCUT2D eigenvalue weighted by Gasteiger charge is -2.35. The van der Waals surface area contributed by atoms with Crippen LogP contribution in [0.5, 0.6) is 0 Å². The Balaban J connectivity index is 1.58. The van der Waals surface area contributed by atoms with E-state index in [1.807, 2.05) is 4.90 Å². The lowest BCUT2D eigenvalue weighted by Crippen LogP contribution is -2.44. The third-order valence-corrected chi connectivity index (χ3v) is 6.95. The molecular formula is C23H25FN4O3S. The predicted octanol–water partition coefficient (Wildman–Crippen LogP) is 3.66. The number of rotatable bonds is 4. The van der Waals surface area contributed by atoms with Crippen LogP contribution in [0.2, 0.25) is 0 Å². The number of hydrogen-bond acceptors (Lipinski definition) is 5. The summed E-state index contributed by atoms with van der Waals surface area (Å²) in [7, 11) is 0. The first-order valence-corrected chi connectivity index (χ1v) is 11.4. The number of likely N-dealkylation sites (tertiary alicyclic amines) is 1. The van der Waals surface area contributed by atoms with E-state index >= 15 is 0 Å². The molecule has 1 N–H and O–H groups in total. The molecule has 1 saturated heterocycles. The minimum Gasteiger partial charge on any atom is -0.341 e. The molecule has 3 heterocycles. The fraction of sp³-hybridized carbons (Fsp3) is 0.391. The third kappa shape index (κ3) is 4.43. The molecule has 1 aromatic carbocycles. The van der Waals surface area contributed by atoms with Crippen LogP contribution < -0.4 is 10.9 Å². The summed E-state index contributed by atoms with van der Waals surface area (Å²) in [6.45, 7) is 7.26. The largest absolute Gasteiger partial charge is 0.341 e. The second-order valence-electron chi connectivity index (χ2n) is 8.62. The van der Waals surface area contributed by atoms with Crippen LogP contribution in [0.4, 0.5) is 10.1 Å². The second-order valence-corrected chi connectivity index (χ2v) is 9.62. The zero-order valence-electron chi connectivity index (χ0n) is 18.2. The van der Waals surface area contributed by atoms with Gasteiger partial charge in [-0.05, 0) is 55.0 Å². The average molecular weight is 457 g/mol. The Hall–Kier alpha value is -3.07. The number of hydrogen-bond donors (Lipinski definition) is 1. The monoisotopic (exact) mass is 456 g/mol. The SMILES string of the molecule is Cc1c(C(=O)Nc2ccc(F)cc2)sc2ncn(CC(=O)N3CC(C)CC(C)C3)c(=O)c12. The van der Waals surface area contributed by atoms with Gasteiger partial charge in [-0.25, -0.2) is 9.37 Å². The number of anilines is 1. The number of nitrogens with zero attached hydrogens (tertiary/aromatic N) is 3. The second kappa shape index (κ2) is 8.82. The van der Waals surface area contributed by atoms with Crippen molar-refractivity contribution in [3.8, 4) is 0 Å². The van der Waals surface area contributed by atoms with Crippen LogP contribution in [-0.4, -0.2) is 39.4 Å². The Morgan fingerprint density at radius 2 is 1.84 bits per heavy atom. The van der Waals surface area contributed by atoms with Crippen LogP contribution in [0.1, 0.15) is 35.5 Å². The third-order valence-electron chi connectivity index (χ3n) is 5.75. The molecule has 0 aliphatic carbocycles. The van der Waals surface area contributed by atoms with Crippen molar-refractivity contribution in [3.63, 3.8) is 0 Å². The molecular weight excluding hydrogens is 431 g/mol. The van der Waals surface area contributed by atoms with Crippen LogP contribution in [0.15, 0.2) is 35.4 Å². The highest BCUT2D eigenvalue weighted by atomic mass is 32.1. The van der Waals surface area contributed by atoms with Gasteiger partial charge in [-0.2, -0.15) is 0 Å². The molecule has 1 fully saturated rings. The summed E-state index contributed by atoms with van der Waals surface area (Å²) >= 11 is 1.12. The molecule has 2 aromatic heterocycles. The first kappa shape index (κ1) is 22.1. The maximum absolute atomic E-state index is 13.1. The number of fused-ring (bicyclic) bond motifs is 1. The standard InChI is InChI=1S/C23H25FN4O3S/c1-13-8-14(2)10-27(9-13)18(29)11-28-12-25-22-19(23(28)31)15(3)20(32-22)21(30)26-17-6-4-16(24)5-7-17/h4-7,12-14H,8-11H2,1-3H3,(H,26,30). The number of carbonyl (C=O) groups is 2. The van der Waals surface area contributed by atoms with Crippen molar-refractivity contribution in [3.05, 3.63) is 57.2 Å². The Kier molecular flexibility index (Phi) is 6.10. The maximum atomic E-state index is 13.1. The zero-order valence-corrected chi connectivity index (χ0v) is 19.0. The highest BCUT2D eigenvalue weighted by Crippen LogP contribution is 2.28. The Bertz CT molecular complexity index is 1220. The first-order valence-electron chi connectivity index (χ1n) is 10.6. The molecule has 7 nitrogen and oxygen atoms in total. The summed E-state index contributed by atoms with van der Waals surface area (Å²) in [4.78, 5) is 45.6. The number of amides is 2. The van der Waals surface area contributed by atoms with E-state index in [9.17, 15) is 18.8 Å². The molecule has 0 bridgehead atoms. The van der Waals surface area contributed by atoms with E-state index in [-0.39, 0.29) is 18.0 Å². The average Bonchev–Trinajstić information content (AvgIpc) is 3.08. The number of nitrogens with one attached hydrogen (secondary N) is 1. The van der Waals surface area contributed by atoms with E-state index in [1.54, 1.807) is 6.92 Å². The Morgan fingerprint density at radius 1 is 1.19 bits per heavy atom. The van der Waals surface area contributed by atoms with E-state index < -0.39 is 11.7 Å². The van der Waals surface area contributed by atoms with Crippen molar-refractivity contribution in [2.45, 2.75) is 33.7 Å². The highest BCUT2D eigenvalue weighted by molar-refractivity contribution is 7.20. The molecule has 9 heteroatoms. The molecule has 32 heavy (non-hydrogen) atoms. The van der Waals surface area contributed by atoms with Crippen molar-refractivity contribution >= 4 is 39.1 Å². The van der Waals surface area contributed by atoms with E-state index in [0.717, 1.165) is 17.8 Å². The number of aryl methyl sites for hydroxylation is 1. The lowest BCUT2D eigenvalue weighted by atomic mass is 9.92. The summed E-state index contributed by atoms with van der Waals surface area (Å²) in [6.07, 6.45) is 2.46. The van der Waals surface area contributed by atoms with Crippen molar-refractivity contribution in [2.75, 3.05) is 18.4 Å². The Morgan fingerprint density at radius 3 is 2.50 bits per heavy atom. The maximum Gasteiger partial charge on any atom is 0.266 e. The molecule has 1 aliphatic rings. The van der Waals surface area contributed by atoms with Crippen molar-refractivity contribution in [2.24, 2.45) is 11.8 Å². The molecule has 3 aromatic rings. The van der Waals surface area contributed by atoms with Crippen molar-refractivity contribution in [1.82, 2.24) is 14.5 Å². The van der Waals surface area contributed by atoms with Crippen molar-refractivity contribution < 1.29 is 14.0 Å². The van der Waals surface area contributed by atoms with Gasteiger partial charge in [0, 0.05) is 18.8 Å². The molecule has 2 atom stereocenters. The predicted molar refractivity (Wildman–Crippen MR) is 122 cm³/mol. The number of piperidine rings is 1. The summed E-state index contributed by atoms with van der Waals surface area (Å²) in [5.74, 6) is -0.0271. The molecule has 4 rings (SSSR count). The van der Waals surface area contributed by atoms with E-state index in [4.69, 9.17) is 0 Å². The normalized spacial score (nSPS) is 18.7. The number of carbonyl (C=O) groups excluding carboxylic acids is 2. The van der Waals surface area contributed by atoms with Crippen LogP contribution in [-0.2, 0) is 11.3 Å². The van der Waals surface area contributed by atoms with Gasteiger partial charge in [0.1, 0.15) is 17.2 Å². The van der Waals surface area contributed by atoms with Crippen LogP contribution in [0.3, 0.4) is 0 Å². The van der Waals surface area contributed by atoms with E-state index in [1.165, 1.54) is 35.2 Å². The van der Waals surface area contributed by atoms with Gasteiger partial charge in [0.15, 0.2) is 0 Å². The molecule has 0 radical (unpaired) electrons. The summed E-state index contributed by atoms with van der Waals surface area (Å²) in [5.41, 5.74) is 0.634.